The number of nitrogens with zero attached hydrogens (tertiary/aromatic N) is 1. The van der Waals surface area contributed by atoms with Gasteiger partial charge in [0.25, 0.3) is 15.9 Å². The number of amides is 1. The first kappa shape index (κ1) is 25.1. The van der Waals surface area contributed by atoms with Crippen LogP contribution in [0.5, 0.6) is 5.75 Å². The molecule has 3 N–H and O–H groups in total. The third kappa shape index (κ3) is 6.31. The summed E-state index contributed by atoms with van der Waals surface area (Å²) in [7, 11) is -4.20. The Kier molecular flexibility index (Phi) is 7.87. The van der Waals surface area contributed by atoms with Gasteiger partial charge in [0.15, 0.2) is 6.61 Å². The first-order valence-electron chi connectivity index (χ1n) is 9.42. The standard InChI is InChI=1S/C21H17ClFN3O6S2/c1-12-5-6-16(32-11-18(27)28)13(9-12)10-24-25-21(29)14-3-2-4-15(23)20(14)26-34(30,31)19-8-7-17(22)33-19/h2-10,26H,11H2,1H3,(H,25,29)(H,27,28). The molecule has 13 heteroatoms. The number of aryl methyl sites for hydroxylation is 1. The molecular formula is C21H17ClFN3O6S2. The van der Waals surface area contributed by atoms with Crippen LogP contribution < -0.4 is 14.9 Å². The monoisotopic (exact) mass is 525 g/mol. The maximum atomic E-state index is 14.5. The number of nitrogens with one attached hydrogen (secondary N) is 2. The van der Waals surface area contributed by atoms with Crippen LogP contribution in [0.3, 0.4) is 0 Å². The molecule has 0 spiro atoms. The number of hydrogen-bond acceptors (Lipinski definition) is 7. The molecule has 178 valence electrons. The van der Waals surface area contributed by atoms with Gasteiger partial charge < -0.3 is 9.84 Å². The Morgan fingerprint density at radius 3 is 2.68 bits per heavy atom. The lowest BCUT2D eigenvalue weighted by Gasteiger charge is -2.12. The van der Waals surface area contributed by atoms with Crippen molar-refractivity contribution in [3.63, 3.8) is 0 Å². The van der Waals surface area contributed by atoms with Gasteiger partial charge in [-0.05, 0) is 43.3 Å². The molecule has 1 amide bonds. The van der Waals surface area contributed by atoms with Crippen molar-refractivity contribution in [2.75, 3.05) is 11.3 Å². The lowest BCUT2D eigenvalue weighted by Crippen LogP contribution is -2.22. The van der Waals surface area contributed by atoms with Crippen molar-refractivity contribution >= 4 is 56.7 Å². The molecule has 0 fully saturated rings. The van der Waals surface area contributed by atoms with E-state index < -0.39 is 40.0 Å². The quantitative estimate of drug-likeness (QED) is 0.287. The number of anilines is 1. The normalized spacial score (nSPS) is 11.4. The van der Waals surface area contributed by atoms with E-state index >= 15 is 0 Å². The summed E-state index contributed by atoms with van der Waals surface area (Å²) < 4.78 is 47.0. The zero-order valence-corrected chi connectivity index (χ0v) is 19.8. The fourth-order valence-corrected chi connectivity index (χ4v) is 5.28. The van der Waals surface area contributed by atoms with E-state index in [0.717, 1.165) is 23.0 Å². The summed E-state index contributed by atoms with van der Waals surface area (Å²) in [5.74, 6) is -2.80. The number of rotatable bonds is 9. The number of ether oxygens (including phenoxy) is 1. The molecule has 0 saturated carbocycles. The molecular weight excluding hydrogens is 509 g/mol. The summed E-state index contributed by atoms with van der Waals surface area (Å²) in [6, 6.07) is 11.0. The third-order valence-corrected chi connectivity index (χ3v) is 7.27. The summed E-state index contributed by atoms with van der Waals surface area (Å²) in [5, 5.41) is 12.6. The van der Waals surface area contributed by atoms with Gasteiger partial charge in [-0.2, -0.15) is 5.10 Å². The van der Waals surface area contributed by atoms with Gasteiger partial charge in [0.05, 0.1) is 21.8 Å². The van der Waals surface area contributed by atoms with Crippen LogP contribution in [-0.2, 0) is 14.8 Å². The van der Waals surface area contributed by atoms with E-state index in [1.807, 2.05) is 0 Å². The lowest BCUT2D eigenvalue weighted by molar-refractivity contribution is -0.139. The van der Waals surface area contributed by atoms with E-state index in [1.165, 1.54) is 30.5 Å². The Morgan fingerprint density at radius 1 is 1.24 bits per heavy atom. The molecule has 3 aromatic rings. The van der Waals surface area contributed by atoms with Gasteiger partial charge in [0.1, 0.15) is 15.8 Å². The molecule has 0 radical (unpaired) electrons. The summed E-state index contributed by atoms with van der Waals surface area (Å²) in [4.78, 5) is 23.4. The number of carboxylic acids is 1. The van der Waals surface area contributed by atoms with Crippen molar-refractivity contribution in [2.24, 2.45) is 5.10 Å². The summed E-state index contributed by atoms with van der Waals surface area (Å²) in [6.45, 7) is 1.22. The van der Waals surface area contributed by atoms with Crippen LogP contribution in [0, 0.1) is 12.7 Å². The number of carbonyl (C=O) groups is 2. The summed E-state index contributed by atoms with van der Waals surface area (Å²) in [6.07, 6.45) is 1.22. The van der Waals surface area contributed by atoms with Gasteiger partial charge in [0.2, 0.25) is 0 Å². The maximum Gasteiger partial charge on any atom is 0.341 e. The van der Waals surface area contributed by atoms with E-state index in [9.17, 15) is 22.4 Å². The van der Waals surface area contributed by atoms with Crippen LogP contribution in [0.25, 0.3) is 0 Å². The average Bonchev–Trinajstić information content (AvgIpc) is 3.21. The molecule has 0 aliphatic carbocycles. The van der Waals surface area contributed by atoms with Crippen molar-refractivity contribution in [1.82, 2.24) is 5.43 Å². The van der Waals surface area contributed by atoms with Crippen LogP contribution in [-0.4, -0.2) is 38.2 Å². The van der Waals surface area contributed by atoms with Gasteiger partial charge in [-0.15, -0.1) is 11.3 Å². The fourth-order valence-electron chi connectivity index (χ4n) is 2.70. The molecule has 0 aliphatic heterocycles. The first-order valence-corrected chi connectivity index (χ1v) is 12.1. The van der Waals surface area contributed by atoms with Gasteiger partial charge in [-0.1, -0.05) is 29.3 Å². The number of halogens is 2. The smallest absolute Gasteiger partial charge is 0.341 e. The molecule has 0 saturated heterocycles. The Morgan fingerprint density at radius 2 is 2.00 bits per heavy atom. The van der Waals surface area contributed by atoms with Crippen molar-refractivity contribution in [3.05, 3.63) is 75.4 Å². The largest absolute Gasteiger partial charge is 0.481 e. The van der Waals surface area contributed by atoms with E-state index in [-0.39, 0.29) is 19.9 Å². The topological polar surface area (TPSA) is 134 Å². The van der Waals surface area contributed by atoms with Crippen LogP contribution >= 0.6 is 22.9 Å². The average molecular weight is 526 g/mol. The number of benzene rings is 2. The highest BCUT2D eigenvalue weighted by Crippen LogP contribution is 2.29. The Balaban J connectivity index is 1.82. The highest BCUT2D eigenvalue weighted by molar-refractivity contribution is 7.94. The molecule has 0 bridgehead atoms. The molecule has 0 aliphatic rings. The minimum atomic E-state index is -4.20. The Bertz CT molecular complexity index is 1370. The summed E-state index contributed by atoms with van der Waals surface area (Å²) >= 11 is 6.55. The first-order chi connectivity index (χ1) is 16.1. The molecule has 34 heavy (non-hydrogen) atoms. The van der Waals surface area contributed by atoms with Crippen molar-refractivity contribution in [2.45, 2.75) is 11.1 Å². The second-order valence-electron chi connectivity index (χ2n) is 6.75. The Labute approximate surface area is 202 Å². The van der Waals surface area contributed by atoms with Crippen LogP contribution in [0.1, 0.15) is 21.5 Å². The number of sulfonamides is 1. The molecule has 1 aromatic heterocycles. The molecule has 9 nitrogen and oxygen atoms in total. The maximum absolute atomic E-state index is 14.5. The number of carbonyl (C=O) groups excluding carboxylic acids is 1. The number of hydrogen-bond donors (Lipinski definition) is 3. The van der Waals surface area contributed by atoms with Gasteiger partial charge in [-0.3, -0.25) is 9.52 Å². The minimum absolute atomic E-state index is 0.154. The SMILES string of the molecule is Cc1ccc(OCC(=O)O)c(C=NNC(=O)c2cccc(F)c2NS(=O)(=O)c2ccc(Cl)s2)c1. The molecule has 2 aromatic carbocycles. The van der Waals surface area contributed by atoms with Crippen LogP contribution in [0.15, 0.2) is 57.8 Å². The fraction of sp³-hybridized carbons (Fsp3) is 0.0952. The zero-order valence-electron chi connectivity index (χ0n) is 17.4. The van der Waals surface area contributed by atoms with Crippen molar-refractivity contribution in [1.29, 1.82) is 0 Å². The molecule has 1 heterocycles. The Hall–Kier alpha value is -3.48. The second kappa shape index (κ2) is 10.6. The van der Waals surface area contributed by atoms with Crippen molar-refractivity contribution < 1.29 is 32.2 Å². The van der Waals surface area contributed by atoms with Crippen molar-refractivity contribution in [3.8, 4) is 5.75 Å². The highest BCUT2D eigenvalue weighted by Gasteiger charge is 2.23. The number of thiophene rings is 1. The third-order valence-electron chi connectivity index (χ3n) is 4.19. The van der Waals surface area contributed by atoms with Crippen LogP contribution in [0.4, 0.5) is 10.1 Å². The predicted octanol–water partition coefficient (Wildman–Crippen LogP) is 3.88. The van der Waals surface area contributed by atoms with E-state index in [0.29, 0.717) is 5.56 Å². The second-order valence-corrected chi connectivity index (χ2v) is 10.4. The lowest BCUT2D eigenvalue weighted by atomic mass is 10.1. The number of hydrazone groups is 1. The summed E-state index contributed by atoms with van der Waals surface area (Å²) in [5.41, 5.74) is 2.54. The van der Waals surface area contributed by atoms with Gasteiger partial charge in [-0.25, -0.2) is 23.0 Å². The predicted molar refractivity (Wildman–Crippen MR) is 126 cm³/mol. The van der Waals surface area contributed by atoms with E-state index in [1.54, 1.807) is 25.1 Å². The van der Waals surface area contributed by atoms with E-state index in [2.05, 4.69) is 15.2 Å². The zero-order chi connectivity index (χ0) is 24.9. The molecule has 3 rings (SSSR count). The van der Waals surface area contributed by atoms with Gasteiger partial charge in [0, 0.05) is 5.56 Å². The number of para-hydroxylation sites is 1. The molecule has 0 atom stereocenters. The molecule has 0 unspecified atom stereocenters. The number of carboxylic acid groups (broad SMARTS) is 1. The van der Waals surface area contributed by atoms with E-state index in [4.69, 9.17) is 21.4 Å². The minimum Gasteiger partial charge on any atom is -0.481 e. The number of aliphatic carboxylic acids is 1. The highest BCUT2D eigenvalue weighted by atomic mass is 35.5. The van der Waals surface area contributed by atoms with Crippen LogP contribution in [0.2, 0.25) is 4.34 Å². The van der Waals surface area contributed by atoms with Gasteiger partial charge >= 0.3 is 5.97 Å².